The van der Waals surface area contributed by atoms with Crippen molar-refractivity contribution in [2.45, 2.75) is 18.8 Å². The highest BCUT2D eigenvalue weighted by atomic mass is 35.5. The summed E-state index contributed by atoms with van der Waals surface area (Å²) in [6, 6.07) is 0. The molecule has 2 bridgehead atoms. The first-order valence-corrected chi connectivity index (χ1v) is 5.41. The SMILES string of the molecule is Cl.Cl.Cn1cnc(C2CN3CCC2CC3)n1. The average molecular weight is 265 g/mol. The molecule has 0 N–H and O–H groups in total. The molecule has 0 aromatic carbocycles. The lowest BCUT2D eigenvalue weighted by Gasteiger charge is -2.43. The van der Waals surface area contributed by atoms with E-state index in [4.69, 9.17) is 0 Å². The van der Waals surface area contributed by atoms with Gasteiger partial charge in [-0.1, -0.05) is 0 Å². The minimum absolute atomic E-state index is 0. The minimum atomic E-state index is 0. The Balaban J connectivity index is 0.000000640. The summed E-state index contributed by atoms with van der Waals surface area (Å²) in [6.07, 6.45) is 4.48. The molecule has 1 aromatic heterocycles. The number of aryl methyl sites for hydroxylation is 1. The van der Waals surface area contributed by atoms with Gasteiger partial charge in [0.1, 0.15) is 6.33 Å². The quantitative estimate of drug-likeness (QED) is 0.771. The number of nitrogens with zero attached hydrogens (tertiary/aromatic N) is 4. The van der Waals surface area contributed by atoms with Crippen molar-refractivity contribution >= 4 is 24.8 Å². The topological polar surface area (TPSA) is 34.0 Å². The maximum atomic E-state index is 4.43. The molecule has 3 fully saturated rings. The number of hydrogen-bond acceptors (Lipinski definition) is 3. The number of fused-ring (bicyclic) bond motifs is 3. The van der Waals surface area contributed by atoms with Crippen LogP contribution in [0.15, 0.2) is 6.33 Å². The Hall–Kier alpha value is -0.320. The van der Waals surface area contributed by atoms with Crippen molar-refractivity contribution in [3.8, 4) is 0 Å². The van der Waals surface area contributed by atoms with Gasteiger partial charge in [0.25, 0.3) is 0 Å². The molecule has 3 saturated heterocycles. The van der Waals surface area contributed by atoms with E-state index in [0.29, 0.717) is 5.92 Å². The lowest BCUT2D eigenvalue weighted by atomic mass is 9.79. The van der Waals surface area contributed by atoms with E-state index in [-0.39, 0.29) is 24.8 Å². The highest BCUT2D eigenvalue weighted by Crippen LogP contribution is 2.37. The van der Waals surface area contributed by atoms with Crippen molar-refractivity contribution in [1.82, 2.24) is 19.7 Å². The van der Waals surface area contributed by atoms with E-state index < -0.39 is 0 Å². The van der Waals surface area contributed by atoms with Crippen molar-refractivity contribution in [2.24, 2.45) is 13.0 Å². The fourth-order valence-electron chi connectivity index (χ4n) is 2.78. The van der Waals surface area contributed by atoms with Gasteiger partial charge in [-0.3, -0.25) is 4.68 Å². The number of aromatic nitrogens is 3. The summed E-state index contributed by atoms with van der Waals surface area (Å²) >= 11 is 0. The van der Waals surface area contributed by atoms with Crippen LogP contribution in [-0.2, 0) is 7.05 Å². The Morgan fingerprint density at radius 2 is 1.94 bits per heavy atom. The van der Waals surface area contributed by atoms with E-state index in [9.17, 15) is 0 Å². The van der Waals surface area contributed by atoms with Gasteiger partial charge in [-0.05, 0) is 31.8 Å². The fourth-order valence-corrected chi connectivity index (χ4v) is 2.78. The van der Waals surface area contributed by atoms with Crippen LogP contribution >= 0.6 is 24.8 Å². The first-order chi connectivity index (χ1) is 6.83. The Labute approximate surface area is 108 Å². The number of rotatable bonds is 1. The molecule has 3 aliphatic heterocycles. The first-order valence-electron chi connectivity index (χ1n) is 5.41. The minimum Gasteiger partial charge on any atom is -0.303 e. The lowest BCUT2D eigenvalue weighted by molar-refractivity contribution is 0.0836. The molecule has 3 aliphatic rings. The molecule has 4 rings (SSSR count). The molecule has 4 nitrogen and oxygen atoms in total. The summed E-state index contributed by atoms with van der Waals surface area (Å²) in [4.78, 5) is 6.93. The molecule has 0 radical (unpaired) electrons. The van der Waals surface area contributed by atoms with Crippen LogP contribution in [0, 0.1) is 5.92 Å². The summed E-state index contributed by atoms with van der Waals surface area (Å²) in [5.41, 5.74) is 0. The van der Waals surface area contributed by atoms with Crippen molar-refractivity contribution in [2.75, 3.05) is 19.6 Å². The molecule has 92 valence electrons. The second-order valence-electron chi connectivity index (χ2n) is 4.52. The third-order valence-electron chi connectivity index (χ3n) is 3.61. The van der Waals surface area contributed by atoms with Gasteiger partial charge in [0.2, 0.25) is 0 Å². The second-order valence-corrected chi connectivity index (χ2v) is 4.52. The highest BCUT2D eigenvalue weighted by Gasteiger charge is 2.36. The highest BCUT2D eigenvalue weighted by molar-refractivity contribution is 5.85. The lowest BCUT2D eigenvalue weighted by Crippen LogP contribution is -2.46. The average Bonchev–Trinajstić information content (AvgIpc) is 2.66. The van der Waals surface area contributed by atoms with Crippen LogP contribution in [0.2, 0.25) is 0 Å². The van der Waals surface area contributed by atoms with Crippen LogP contribution < -0.4 is 0 Å². The number of piperidine rings is 3. The van der Waals surface area contributed by atoms with Crippen LogP contribution in [0.4, 0.5) is 0 Å². The van der Waals surface area contributed by atoms with Crippen LogP contribution in [-0.4, -0.2) is 39.3 Å². The number of hydrogen-bond donors (Lipinski definition) is 0. The van der Waals surface area contributed by atoms with E-state index >= 15 is 0 Å². The maximum absolute atomic E-state index is 4.43. The Morgan fingerprint density at radius 3 is 2.38 bits per heavy atom. The Kier molecular flexibility index (Phi) is 4.59. The Morgan fingerprint density at radius 1 is 1.25 bits per heavy atom. The molecule has 1 unspecified atom stereocenters. The van der Waals surface area contributed by atoms with E-state index in [1.165, 1.54) is 32.5 Å². The van der Waals surface area contributed by atoms with Gasteiger partial charge in [-0.25, -0.2) is 4.98 Å². The summed E-state index contributed by atoms with van der Waals surface area (Å²) in [5.74, 6) is 2.49. The van der Waals surface area contributed by atoms with Crippen molar-refractivity contribution in [3.63, 3.8) is 0 Å². The van der Waals surface area contributed by atoms with Crippen molar-refractivity contribution in [1.29, 1.82) is 0 Å². The van der Waals surface area contributed by atoms with Gasteiger partial charge in [-0.2, -0.15) is 5.10 Å². The molecular formula is C10H18Cl2N4. The molecule has 0 saturated carbocycles. The standard InChI is InChI=1S/C10H16N4.2ClH/c1-13-7-11-10(12-13)9-6-14-4-2-8(9)3-5-14;;/h7-9H,2-6H2,1H3;2*1H. The molecule has 0 amide bonds. The predicted molar refractivity (Wildman–Crippen MR) is 67.4 cm³/mol. The molecule has 0 spiro atoms. The van der Waals surface area contributed by atoms with Gasteiger partial charge < -0.3 is 4.90 Å². The molecule has 6 heteroatoms. The van der Waals surface area contributed by atoms with Crippen molar-refractivity contribution < 1.29 is 0 Å². The Bertz CT molecular complexity index is 333. The van der Waals surface area contributed by atoms with Crippen LogP contribution in [0.3, 0.4) is 0 Å². The maximum Gasteiger partial charge on any atom is 0.155 e. The zero-order valence-corrected chi connectivity index (χ0v) is 11.0. The van der Waals surface area contributed by atoms with Crippen LogP contribution in [0.25, 0.3) is 0 Å². The van der Waals surface area contributed by atoms with E-state index in [1.54, 1.807) is 0 Å². The van der Waals surface area contributed by atoms with Crippen molar-refractivity contribution in [3.05, 3.63) is 12.2 Å². The van der Waals surface area contributed by atoms with Gasteiger partial charge in [-0.15, -0.1) is 24.8 Å². The smallest absolute Gasteiger partial charge is 0.155 e. The normalized spacial score (nSPS) is 31.7. The summed E-state index contributed by atoms with van der Waals surface area (Å²) in [5, 5.41) is 4.43. The monoisotopic (exact) mass is 264 g/mol. The third-order valence-corrected chi connectivity index (χ3v) is 3.61. The summed E-state index contributed by atoms with van der Waals surface area (Å²) in [6.45, 7) is 3.75. The predicted octanol–water partition coefficient (Wildman–Crippen LogP) is 1.47. The van der Waals surface area contributed by atoms with Crippen LogP contribution in [0.5, 0.6) is 0 Å². The molecule has 0 aliphatic carbocycles. The largest absolute Gasteiger partial charge is 0.303 e. The first kappa shape index (κ1) is 13.7. The van der Waals surface area contributed by atoms with Gasteiger partial charge >= 0.3 is 0 Å². The zero-order valence-electron chi connectivity index (χ0n) is 9.37. The summed E-state index contributed by atoms with van der Waals surface area (Å²) in [7, 11) is 1.94. The van der Waals surface area contributed by atoms with E-state index in [1.807, 2.05) is 18.1 Å². The van der Waals surface area contributed by atoms with E-state index in [2.05, 4.69) is 15.0 Å². The van der Waals surface area contributed by atoms with Gasteiger partial charge in [0.15, 0.2) is 5.82 Å². The van der Waals surface area contributed by atoms with Gasteiger partial charge in [0.05, 0.1) is 0 Å². The molecular weight excluding hydrogens is 247 g/mol. The van der Waals surface area contributed by atoms with E-state index in [0.717, 1.165) is 11.7 Å². The third kappa shape index (κ3) is 2.34. The fraction of sp³-hybridized carbons (Fsp3) is 0.800. The molecule has 1 aromatic rings. The summed E-state index contributed by atoms with van der Waals surface area (Å²) < 4.78 is 1.81. The second kappa shape index (κ2) is 5.34. The van der Waals surface area contributed by atoms with Crippen LogP contribution in [0.1, 0.15) is 24.6 Å². The molecule has 16 heavy (non-hydrogen) atoms. The zero-order chi connectivity index (χ0) is 9.54. The molecule has 1 atom stereocenters. The number of halogens is 2. The van der Waals surface area contributed by atoms with Gasteiger partial charge in [0, 0.05) is 19.5 Å². The molecule has 4 heterocycles.